The number of carbonyl (C=O) groups excluding carboxylic acids is 2. The van der Waals surface area contributed by atoms with Gasteiger partial charge in [-0.15, -0.1) is 0 Å². The van der Waals surface area contributed by atoms with Crippen molar-refractivity contribution in [3.63, 3.8) is 0 Å². The second-order valence-corrected chi connectivity index (χ2v) is 11.7. The van der Waals surface area contributed by atoms with E-state index in [1.807, 2.05) is 25.7 Å². The van der Waals surface area contributed by atoms with Gasteiger partial charge in [0.1, 0.15) is 17.6 Å². The Balaban J connectivity index is 1.51. The lowest BCUT2D eigenvalue weighted by Gasteiger charge is -2.24. The van der Waals surface area contributed by atoms with E-state index in [0.717, 1.165) is 6.07 Å². The van der Waals surface area contributed by atoms with Crippen LogP contribution in [0.4, 0.5) is 19.2 Å². The summed E-state index contributed by atoms with van der Waals surface area (Å²) in [5, 5.41) is 8.88. The average molecular weight is 603 g/mol. The summed E-state index contributed by atoms with van der Waals surface area (Å²) in [6, 6.07) is 4.76. The van der Waals surface area contributed by atoms with Gasteiger partial charge < -0.3 is 24.8 Å². The molecule has 43 heavy (non-hydrogen) atoms. The highest BCUT2D eigenvalue weighted by atomic mass is 19.3. The van der Waals surface area contributed by atoms with Crippen LogP contribution in [0, 0.1) is 5.82 Å². The highest BCUT2D eigenvalue weighted by Crippen LogP contribution is 2.33. The summed E-state index contributed by atoms with van der Waals surface area (Å²) >= 11 is 0. The third kappa shape index (κ3) is 8.02. The van der Waals surface area contributed by atoms with Gasteiger partial charge in [0.05, 0.1) is 24.1 Å². The van der Waals surface area contributed by atoms with Gasteiger partial charge >= 0.3 is 6.01 Å². The Kier molecular flexibility index (Phi) is 9.61. The number of amides is 2. The summed E-state index contributed by atoms with van der Waals surface area (Å²) in [4.78, 5) is 34.8. The van der Waals surface area contributed by atoms with E-state index >= 15 is 8.78 Å². The molecule has 1 atom stereocenters. The molecule has 232 valence electrons. The number of rotatable bonds is 5. The van der Waals surface area contributed by atoms with Gasteiger partial charge in [-0.1, -0.05) is 32.0 Å². The molecule has 3 heterocycles. The minimum absolute atomic E-state index is 0.196. The van der Waals surface area contributed by atoms with Crippen LogP contribution >= 0.6 is 0 Å². The van der Waals surface area contributed by atoms with Gasteiger partial charge in [0.25, 0.3) is 11.8 Å². The molecule has 0 fully saturated rings. The Labute approximate surface area is 248 Å². The summed E-state index contributed by atoms with van der Waals surface area (Å²) < 4.78 is 56.7. The number of aromatic nitrogens is 3. The first-order valence-corrected chi connectivity index (χ1v) is 14.2. The molecule has 13 heteroatoms. The van der Waals surface area contributed by atoms with Crippen molar-refractivity contribution in [3.8, 4) is 17.0 Å². The van der Waals surface area contributed by atoms with Crippen LogP contribution in [0.3, 0.4) is 0 Å². The van der Waals surface area contributed by atoms with Gasteiger partial charge in [0.15, 0.2) is 5.82 Å². The predicted molar refractivity (Wildman–Crippen MR) is 154 cm³/mol. The normalized spacial score (nSPS) is 16.6. The van der Waals surface area contributed by atoms with Crippen molar-refractivity contribution in [1.82, 2.24) is 25.8 Å². The zero-order valence-electron chi connectivity index (χ0n) is 25.0. The molecule has 0 unspecified atom stereocenters. The van der Waals surface area contributed by atoms with Gasteiger partial charge in [-0.05, 0) is 38.0 Å². The van der Waals surface area contributed by atoms with Crippen molar-refractivity contribution < 1.29 is 32.0 Å². The van der Waals surface area contributed by atoms with Crippen molar-refractivity contribution in [2.75, 3.05) is 31.6 Å². The summed E-state index contributed by atoms with van der Waals surface area (Å²) in [6.45, 7) is 8.39. The number of hydrogen-bond donors (Lipinski definition) is 2. The van der Waals surface area contributed by atoms with E-state index in [0.29, 0.717) is 36.9 Å². The molecule has 0 bridgehead atoms. The van der Waals surface area contributed by atoms with Gasteiger partial charge in [-0.2, -0.15) is 4.98 Å². The van der Waals surface area contributed by atoms with Crippen LogP contribution in [0.25, 0.3) is 11.3 Å². The number of benzene rings is 1. The molecule has 0 radical (unpaired) electrons. The lowest BCUT2D eigenvalue weighted by atomic mass is 9.96. The summed E-state index contributed by atoms with van der Waals surface area (Å²) in [5.74, 6) is -4.31. The number of nitrogens with one attached hydrogen (secondary N) is 2. The molecule has 0 aliphatic carbocycles. The van der Waals surface area contributed by atoms with E-state index < -0.39 is 36.0 Å². The van der Waals surface area contributed by atoms with E-state index in [1.54, 1.807) is 0 Å². The maximum atomic E-state index is 15.2. The number of nitrogens with zero attached hydrogens (tertiary/aromatic N) is 4. The SMILES string of the molecule is CNC(=O)[C@H](C)NC(=O)c1ccc(-c2cc3c(cn2)OCCCN(c2nc(C(C)(C)C)no2)CCCC(F)(F)C3)cc1F. The lowest BCUT2D eigenvalue weighted by molar-refractivity contribution is -0.122. The first kappa shape index (κ1) is 31.8. The van der Waals surface area contributed by atoms with Crippen LogP contribution in [0.5, 0.6) is 5.75 Å². The van der Waals surface area contributed by atoms with Crippen LogP contribution < -0.4 is 20.3 Å². The van der Waals surface area contributed by atoms with Crippen molar-refractivity contribution >= 4 is 17.8 Å². The van der Waals surface area contributed by atoms with Gasteiger partial charge in [-0.25, -0.2) is 13.2 Å². The number of hydrogen-bond acceptors (Lipinski definition) is 8. The third-order valence-corrected chi connectivity index (χ3v) is 7.05. The zero-order chi connectivity index (χ0) is 31.4. The van der Waals surface area contributed by atoms with E-state index in [-0.39, 0.29) is 47.4 Å². The summed E-state index contributed by atoms with van der Waals surface area (Å²) in [6.07, 6.45) is 1.15. The molecule has 3 aromatic rings. The fourth-order valence-corrected chi connectivity index (χ4v) is 4.61. The van der Waals surface area contributed by atoms with Crippen LogP contribution in [-0.2, 0) is 16.6 Å². The van der Waals surface area contributed by atoms with Crippen LogP contribution in [0.1, 0.15) is 68.7 Å². The molecular formula is C30H37F3N6O4. The first-order valence-electron chi connectivity index (χ1n) is 14.2. The molecule has 4 rings (SSSR count). The van der Waals surface area contributed by atoms with Crippen LogP contribution in [-0.4, -0.2) is 65.6 Å². The number of carbonyl (C=O) groups is 2. The Morgan fingerprint density at radius 1 is 1.14 bits per heavy atom. The molecule has 10 nitrogen and oxygen atoms in total. The average Bonchev–Trinajstić information content (AvgIpc) is 3.44. The quantitative estimate of drug-likeness (QED) is 0.432. The van der Waals surface area contributed by atoms with E-state index in [1.165, 1.54) is 38.4 Å². The first-order chi connectivity index (χ1) is 20.3. The third-order valence-electron chi connectivity index (χ3n) is 7.05. The summed E-state index contributed by atoms with van der Waals surface area (Å²) in [7, 11) is 1.43. The van der Waals surface area contributed by atoms with Crippen molar-refractivity contribution in [2.45, 2.75) is 70.8 Å². The number of fused-ring (bicyclic) bond motifs is 1. The second-order valence-electron chi connectivity index (χ2n) is 11.7. The number of anilines is 1. The van der Waals surface area contributed by atoms with Gasteiger partial charge in [0, 0.05) is 49.5 Å². The topological polar surface area (TPSA) is 122 Å². The maximum absolute atomic E-state index is 15.2. The predicted octanol–water partition coefficient (Wildman–Crippen LogP) is 4.68. The highest BCUT2D eigenvalue weighted by Gasteiger charge is 2.32. The summed E-state index contributed by atoms with van der Waals surface area (Å²) in [5.41, 5.74) is 0.239. The van der Waals surface area contributed by atoms with Crippen LogP contribution in [0.15, 0.2) is 35.0 Å². The minimum Gasteiger partial charge on any atom is -0.492 e. The second kappa shape index (κ2) is 13.0. The van der Waals surface area contributed by atoms with E-state index in [2.05, 4.69) is 25.8 Å². The monoisotopic (exact) mass is 602 g/mol. The van der Waals surface area contributed by atoms with Crippen molar-refractivity contribution in [1.29, 1.82) is 0 Å². The van der Waals surface area contributed by atoms with E-state index in [4.69, 9.17) is 9.26 Å². The Bertz CT molecular complexity index is 1460. The van der Waals surface area contributed by atoms with Gasteiger partial charge in [-0.3, -0.25) is 14.6 Å². The number of alkyl halides is 2. The van der Waals surface area contributed by atoms with E-state index in [9.17, 15) is 14.0 Å². The Morgan fingerprint density at radius 3 is 2.56 bits per heavy atom. The molecule has 1 aromatic carbocycles. The molecule has 0 saturated carbocycles. The maximum Gasteiger partial charge on any atom is 0.324 e. The fraction of sp³-hybridized carbons (Fsp3) is 0.500. The molecular weight excluding hydrogens is 565 g/mol. The molecule has 1 aliphatic heterocycles. The number of halogens is 3. The molecule has 2 aromatic heterocycles. The molecule has 2 N–H and O–H groups in total. The Morgan fingerprint density at radius 2 is 1.88 bits per heavy atom. The lowest BCUT2D eigenvalue weighted by Crippen LogP contribution is -2.43. The Hall–Kier alpha value is -4.16. The standard InChI is InChI=1S/C30H37F3N6O4/c1-18(25(40)34-5)36-26(41)21-9-8-19(14-22(21)31)23-15-20-16-30(32,33)10-6-11-39(12-7-13-42-24(20)17-35-23)28-37-27(38-43-28)29(2,3)4/h8-9,14-15,17-18H,6-7,10-13,16H2,1-5H3,(H,34,40)(H,36,41)/t18-/m0/s1. The largest absolute Gasteiger partial charge is 0.492 e. The number of pyridine rings is 1. The van der Waals surface area contributed by atoms with Crippen molar-refractivity contribution in [2.24, 2.45) is 0 Å². The smallest absolute Gasteiger partial charge is 0.324 e. The fourth-order valence-electron chi connectivity index (χ4n) is 4.61. The molecule has 0 spiro atoms. The zero-order valence-corrected chi connectivity index (χ0v) is 25.0. The molecule has 2 amide bonds. The minimum atomic E-state index is -3.05. The molecule has 1 aliphatic rings. The van der Waals surface area contributed by atoms with Crippen LogP contribution in [0.2, 0.25) is 0 Å². The number of likely N-dealkylation sites (N-methyl/N-ethyl adjacent to an activating group) is 1. The van der Waals surface area contributed by atoms with Gasteiger partial charge in [0.2, 0.25) is 5.91 Å². The molecule has 0 saturated heterocycles. The number of ether oxygens (including phenoxy) is 1. The highest BCUT2D eigenvalue weighted by molar-refractivity contribution is 5.98. The van der Waals surface area contributed by atoms with Crippen molar-refractivity contribution in [3.05, 3.63) is 53.2 Å².